The average molecular weight is 307 g/mol. The summed E-state index contributed by atoms with van der Waals surface area (Å²) < 4.78 is 0. The number of hydrogen-bond donors (Lipinski definition) is 2. The molecular weight excluding hydrogens is 282 g/mol. The van der Waals surface area contributed by atoms with Gasteiger partial charge in [-0.1, -0.05) is 38.9 Å². The van der Waals surface area contributed by atoms with E-state index in [2.05, 4.69) is 10.3 Å². The quantitative estimate of drug-likeness (QED) is 0.725. The number of aryl methyl sites for hydroxylation is 1. The third-order valence-electron chi connectivity index (χ3n) is 3.85. The first-order chi connectivity index (χ1) is 9.97. The standard InChI is InChI=1S/C16H25N3OS/c1-4-7-16(8-5-2,14(17)21)15(20)19-11-13-10-18-9-6-12(13)3/h6,9-10H,4-5,7-8,11H2,1-3H3,(H2,17,21)(H,19,20). The molecule has 0 aliphatic heterocycles. The van der Waals surface area contributed by atoms with Crippen molar-refractivity contribution in [3.05, 3.63) is 29.6 Å². The number of nitrogens with zero attached hydrogens (tertiary/aromatic N) is 1. The second kappa shape index (κ2) is 8.08. The number of amides is 1. The van der Waals surface area contributed by atoms with E-state index in [0.29, 0.717) is 24.4 Å². The highest BCUT2D eigenvalue weighted by Gasteiger charge is 2.39. The monoisotopic (exact) mass is 307 g/mol. The summed E-state index contributed by atoms with van der Waals surface area (Å²) in [7, 11) is 0. The zero-order valence-electron chi connectivity index (χ0n) is 13.1. The molecule has 0 saturated carbocycles. The van der Waals surface area contributed by atoms with E-state index in [4.69, 9.17) is 18.0 Å². The van der Waals surface area contributed by atoms with Gasteiger partial charge < -0.3 is 11.1 Å². The summed E-state index contributed by atoms with van der Waals surface area (Å²) in [5.74, 6) is -0.0676. The Bertz CT molecular complexity index is 496. The topological polar surface area (TPSA) is 68.0 Å². The molecule has 4 nitrogen and oxygen atoms in total. The highest BCUT2D eigenvalue weighted by molar-refractivity contribution is 7.80. The van der Waals surface area contributed by atoms with Crippen LogP contribution in [0.3, 0.4) is 0 Å². The summed E-state index contributed by atoms with van der Waals surface area (Å²) in [5, 5.41) is 2.99. The molecule has 0 saturated heterocycles. The second-order valence-corrected chi connectivity index (χ2v) is 5.87. The minimum absolute atomic E-state index is 0.0676. The van der Waals surface area contributed by atoms with Gasteiger partial charge in [-0.15, -0.1) is 0 Å². The lowest BCUT2D eigenvalue weighted by atomic mass is 9.78. The first-order valence-electron chi connectivity index (χ1n) is 7.45. The lowest BCUT2D eigenvalue weighted by Crippen LogP contribution is -2.48. The Kier molecular flexibility index (Phi) is 6.75. The van der Waals surface area contributed by atoms with Gasteiger partial charge in [0.25, 0.3) is 0 Å². The summed E-state index contributed by atoms with van der Waals surface area (Å²) >= 11 is 5.20. The number of nitrogens with two attached hydrogens (primary N) is 1. The zero-order valence-corrected chi connectivity index (χ0v) is 13.9. The first-order valence-corrected chi connectivity index (χ1v) is 7.86. The van der Waals surface area contributed by atoms with Crippen LogP contribution < -0.4 is 11.1 Å². The van der Waals surface area contributed by atoms with Crippen molar-refractivity contribution in [1.29, 1.82) is 0 Å². The van der Waals surface area contributed by atoms with E-state index in [-0.39, 0.29) is 5.91 Å². The maximum Gasteiger partial charge on any atom is 0.233 e. The van der Waals surface area contributed by atoms with Crippen LogP contribution in [-0.2, 0) is 11.3 Å². The molecule has 0 unspecified atom stereocenters. The molecular formula is C16H25N3OS. The van der Waals surface area contributed by atoms with Crippen LogP contribution in [0.1, 0.15) is 50.7 Å². The molecule has 5 heteroatoms. The van der Waals surface area contributed by atoms with Gasteiger partial charge in [0, 0.05) is 18.9 Å². The molecule has 0 spiro atoms. The molecule has 1 rings (SSSR count). The molecule has 3 N–H and O–H groups in total. The van der Waals surface area contributed by atoms with E-state index in [1.54, 1.807) is 12.4 Å². The van der Waals surface area contributed by atoms with Gasteiger partial charge >= 0.3 is 0 Å². The van der Waals surface area contributed by atoms with Crippen LogP contribution in [0, 0.1) is 12.3 Å². The highest BCUT2D eigenvalue weighted by atomic mass is 32.1. The van der Waals surface area contributed by atoms with Crippen LogP contribution in [0.2, 0.25) is 0 Å². The summed E-state index contributed by atoms with van der Waals surface area (Å²) in [6, 6.07) is 1.93. The van der Waals surface area contributed by atoms with Crippen LogP contribution in [0.25, 0.3) is 0 Å². The predicted molar refractivity (Wildman–Crippen MR) is 89.9 cm³/mol. The van der Waals surface area contributed by atoms with E-state index in [9.17, 15) is 4.79 Å². The van der Waals surface area contributed by atoms with Crippen LogP contribution in [0.4, 0.5) is 0 Å². The van der Waals surface area contributed by atoms with Gasteiger partial charge in [0.05, 0.1) is 10.4 Å². The van der Waals surface area contributed by atoms with Crippen LogP contribution in [0.5, 0.6) is 0 Å². The molecule has 1 heterocycles. The summed E-state index contributed by atoms with van der Waals surface area (Å²) in [4.78, 5) is 17.1. The van der Waals surface area contributed by atoms with E-state index < -0.39 is 5.41 Å². The number of rotatable bonds is 8. The summed E-state index contributed by atoms with van der Waals surface area (Å²) in [6.45, 7) is 6.54. The van der Waals surface area contributed by atoms with Crippen molar-refractivity contribution < 1.29 is 4.79 Å². The number of carbonyl (C=O) groups excluding carboxylic acids is 1. The lowest BCUT2D eigenvalue weighted by Gasteiger charge is -2.31. The predicted octanol–water partition coefficient (Wildman–Crippen LogP) is 2.88. The van der Waals surface area contributed by atoms with Crippen molar-refractivity contribution in [1.82, 2.24) is 10.3 Å². The number of aromatic nitrogens is 1. The Balaban J connectivity index is 2.86. The van der Waals surface area contributed by atoms with E-state index >= 15 is 0 Å². The molecule has 0 aliphatic rings. The molecule has 1 aromatic rings. The fraction of sp³-hybridized carbons (Fsp3) is 0.562. The van der Waals surface area contributed by atoms with Crippen LogP contribution in [-0.4, -0.2) is 15.9 Å². The van der Waals surface area contributed by atoms with Crippen LogP contribution in [0.15, 0.2) is 18.5 Å². The minimum atomic E-state index is -0.727. The van der Waals surface area contributed by atoms with E-state index in [1.807, 2.05) is 26.8 Å². The van der Waals surface area contributed by atoms with Gasteiger partial charge in [-0.25, -0.2) is 0 Å². The van der Waals surface area contributed by atoms with Crippen LogP contribution >= 0.6 is 12.2 Å². The smallest absolute Gasteiger partial charge is 0.233 e. The van der Waals surface area contributed by atoms with Crippen molar-refractivity contribution in [3.63, 3.8) is 0 Å². The number of carbonyl (C=O) groups is 1. The third-order valence-corrected chi connectivity index (χ3v) is 4.24. The molecule has 116 valence electrons. The number of thiocarbonyl (C=S) groups is 1. The van der Waals surface area contributed by atoms with Gasteiger partial charge in [-0.3, -0.25) is 9.78 Å². The van der Waals surface area contributed by atoms with Gasteiger partial charge in [0.2, 0.25) is 5.91 Å². The highest BCUT2D eigenvalue weighted by Crippen LogP contribution is 2.31. The minimum Gasteiger partial charge on any atom is -0.392 e. The number of nitrogens with one attached hydrogen (secondary N) is 1. The Hall–Kier alpha value is -1.49. The Morgan fingerprint density at radius 2 is 2.00 bits per heavy atom. The molecule has 0 bridgehead atoms. The maximum atomic E-state index is 12.7. The SMILES string of the molecule is CCCC(CCC)(C(=O)NCc1cnccc1C)C(N)=S. The van der Waals surface area contributed by atoms with Crippen molar-refractivity contribution >= 4 is 23.1 Å². The molecule has 0 fully saturated rings. The Labute approximate surface area is 132 Å². The molecule has 1 aromatic heterocycles. The molecule has 1 amide bonds. The summed E-state index contributed by atoms with van der Waals surface area (Å²) in [6.07, 6.45) is 6.64. The molecule has 0 aliphatic carbocycles. The molecule has 0 aromatic carbocycles. The number of hydrogen-bond acceptors (Lipinski definition) is 3. The van der Waals surface area contributed by atoms with E-state index in [0.717, 1.165) is 24.0 Å². The first kappa shape index (κ1) is 17.6. The van der Waals surface area contributed by atoms with Crippen molar-refractivity contribution in [2.24, 2.45) is 11.1 Å². The average Bonchev–Trinajstić information content (AvgIpc) is 2.45. The molecule has 21 heavy (non-hydrogen) atoms. The van der Waals surface area contributed by atoms with Gasteiger partial charge in [0.15, 0.2) is 0 Å². The second-order valence-electron chi connectivity index (χ2n) is 5.43. The molecule has 0 radical (unpaired) electrons. The van der Waals surface area contributed by atoms with Crippen molar-refractivity contribution in [2.75, 3.05) is 0 Å². The third kappa shape index (κ3) is 4.24. The number of pyridine rings is 1. The summed E-state index contributed by atoms with van der Waals surface area (Å²) in [5.41, 5.74) is 7.29. The fourth-order valence-corrected chi connectivity index (χ4v) is 2.89. The maximum absolute atomic E-state index is 12.7. The van der Waals surface area contributed by atoms with E-state index in [1.165, 1.54) is 0 Å². The van der Waals surface area contributed by atoms with Crippen molar-refractivity contribution in [2.45, 2.75) is 53.0 Å². The van der Waals surface area contributed by atoms with Gasteiger partial charge in [-0.05, 0) is 37.0 Å². The largest absolute Gasteiger partial charge is 0.392 e. The Morgan fingerprint density at radius 3 is 2.48 bits per heavy atom. The Morgan fingerprint density at radius 1 is 1.38 bits per heavy atom. The fourth-order valence-electron chi connectivity index (χ4n) is 2.59. The van der Waals surface area contributed by atoms with Gasteiger partial charge in [-0.2, -0.15) is 0 Å². The zero-order chi connectivity index (χ0) is 15.9. The van der Waals surface area contributed by atoms with Crippen molar-refractivity contribution in [3.8, 4) is 0 Å². The normalized spacial score (nSPS) is 11.2. The molecule has 0 atom stereocenters. The van der Waals surface area contributed by atoms with Gasteiger partial charge in [0.1, 0.15) is 0 Å². The lowest BCUT2D eigenvalue weighted by molar-refractivity contribution is -0.128.